The monoisotopic (exact) mass is 379 g/mol. The molecule has 0 atom stereocenters. The second-order valence-electron chi connectivity index (χ2n) is 5.97. The van der Waals surface area contributed by atoms with E-state index < -0.39 is 5.97 Å². The van der Waals surface area contributed by atoms with E-state index in [9.17, 15) is 14.0 Å². The molecule has 1 aromatic heterocycles. The number of halogens is 1. The number of carbonyl (C=O) groups excluding carboxylic acids is 2. The van der Waals surface area contributed by atoms with Gasteiger partial charge in [0, 0.05) is 18.4 Å². The number of benzene rings is 2. The highest BCUT2D eigenvalue weighted by molar-refractivity contribution is 5.95. The van der Waals surface area contributed by atoms with Gasteiger partial charge in [0.15, 0.2) is 0 Å². The maximum absolute atomic E-state index is 12.9. The fourth-order valence-corrected chi connectivity index (χ4v) is 2.53. The summed E-state index contributed by atoms with van der Waals surface area (Å²) in [5.41, 5.74) is 2.83. The van der Waals surface area contributed by atoms with Gasteiger partial charge in [-0.1, -0.05) is 18.2 Å². The normalized spacial score (nSPS) is 10.2. The number of aromatic nitrogens is 1. The third-order valence-corrected chi connectivity index (χ3v) is 3.94. The third-order valence-electron chi connectivity index (χ3n) is 3.94. The molecule has 0 spiro atoms. The van der Waals surface area contributed by atoms with Crippen LogP contribution in [0.2, 0.25) is 0 Å². The smallest absolute Gasteiger partial charge is 0.337 e. The van der Waals surface area contributed by atoms with E-state index in [-0.39, 0.29) is 18.3 Å². The SMILES string of the molecule is COC(=O)c1cccc(Nc2cncc(C(=O)NCc3ccc(F)cc3)c2)c1. The maximum Gasteiger partial charge on any atom is 0.337 e. The van der Waals surface area contributed by atoms with Crippen LogP contribution in [0.1, 0.15) is 26.3 Å². The Hall–Kier alpha value is -3.74. The van der Waals surface area contributed by atoms with Crippen LogP contribution < -0.4 is 10.6 Å². The van der Waals surface area contributed by atoms with E-state index in [1.165, 1.54) is 25.4 Å². The molecule has 0 radical (unpaired) electrons. The van der Waals surface area contributed by atoms with Crippen LogP contribution in [0.25, 0.3) is 0 Å². The summed E-state index contributed by atoms with van der Waals surface area (Å²) in [7, 11) is 1.32. The summed E-state index contributed by atoms with van der Waals surface area (Å²) >= 11 is 0. The molecule has 2 aromatic carbocycles. The van der Waals surface area contributed by atoms with Gasteiger partial charge in [-0.05, 0) is 42.0 Å². The summed E-state index contributed by atoms with van der Waals surface area (Å²) in [6, 6.07) is 14.4. The molecule has 0 unspecified atom stereocenters. The van der Waals surface area contributed by atoms with E-state index >= 15 is 0 Å². The molecule has 3 aromatic rings. The first-order valence-corrected chi connectivity index (χ1v) is 8.48. The summed E-state index contributed by atoms with van der Waals surface area (Å²) in [5.74, 6) is -1.06. The second-order valence-corrected chi connectivity index (χ2v) is 5.97. The highest BCUT2D eigenvalue weighted by Crippen LogP contribution is 2.18. The quantitative estimate of drug-likeness (QED) is 0.639. The number of anilines is 2. The van der Waals surface area contributed by atoms with E-state index in [0.29, 0.717) is 22.5 Å². The first kappa shape index (κ1) is 19.0. The molecule has 2 N–H and O–H groups in total. The molecular weight excluding hydrogens is 361 g/mol. The number of rotatable bonds is 6. The number of esters is 1. The largest absolute Gasteiger partial charge is 0.465 e. The van der Waals surface area contributed by atoms with Crippen LogP contribution in [0.15, 0.2) is 67.0 Å². The van der Waals surface area contributed by atoms with Gasteiger partial charge >= 0.3 is 5.97 Å². The molecule has 0 bridgehead atoms. The highest BCUT2D eigenvalue weighted by Gasteiger charge is 2.09. The molecule has 3 rings (SSSR count). The van der Waals surface area contributed by atoms with E-state index in [0.717, 1.165) is 5.56 Å². The lowest BCUT2D eigenvalue weighted by molar-refractivity contribution is 0.0600. The Morgan fingerprint density at radius 1 is 1.00 bits per heavy atom. The van der Waals surface area contributed by atoms with Crippen molar-refractivity contribution < 1.29 is 18.7 Å². The Balaban J connectivity index is 1.67. The van der Waals surface area contributed by atoms with Crippen LogP contribution in [0.4, 0.5) is 15.8 Å². The van der Waals surface area contributed by atoms with Gasteiger partial charge in [0.25, 0.3) is 5.91 Å². The fraction of sp³-hybridized carbons (Fsp3) is 0.0952. The van der Waals surface area contributed by atoms with E-state index in [4.69, 9.17) is 4.74 Å². The number of methoxy groups -OCH3 is 1. The minimum atomic E-state index is -0.435. The van der Waals surface area contributed by atoms with Crippen LogP contribution in [-0.2, 0) is 11.3 Å². The first-order chi connectivity index (χ1) is 13.5. The molecule has 0 fully saturated rings. The predicted octanol–water partition coefficient (Wildman–Crippen LogP) is 3.68. The van der Waals surface area contributed by atoms with Crippen LogP contribution in [0, 0.1) is 5.82 Å². The molecular formula is C21H18FN3O3. The zero-order valence-corrected chi connectivity index (χ0v) is 15.1. The van der Waals surface area contributed by atoms with Crippen molar-refractivity contribution in [3.05, 3.63) is 89.5 Å². The number of hydrogen-bond donors (Lipinski definition) is 2. The Bertz CT molecular complexity index is 990. The van der Waals surface area contributed by atoms with Crippen LogP contribution in [0.5, 0.6) is 0 Å². The van der Waals surface area contributed by atoms with Gasteiger partial charge in [-0.3, -0.25) is 9.78 Å². The Morgan fingerprint density at radius 2 is 1.75 bits per heavy atom. The standard InChI is InChI=1S/C21H18FN3O3/c1-28-21(27)15-3-2-4-18(9-15)25-19-10-16(12-23-13-19)20(26)24-11-14-5-7-17(22)8-6-14/h2-10,12-13,25H,11H2,1H3,(H,24,26). The molecule has 0 saturated carbocycles. The van der Waals surface area contributed by atoms with Crippen molar-refractivity contribution in [2.24, 2.45) is 0 Å². The number of ether oxygens (including phenoxy) is 1. The van der Waals surface area contributed by atoms with Crippen molar-refractivity contribution in [1.82, 2.24) is 10.3 Å². The number of amides is 1. The van der Waals surface area contributed by atoms with Crippen molar-refractivity contribution in [1.29, 1.82) is 0 Å². The lowest BCUT2D eigenvalue weighted by Crippen LogP contribution is -2.23. The first-order valence-electron chi connectivity index (χ1n) is 8.48. The molecule has 0 aliphatic carbocycles. The number of pyridine rings is 1. The number of hydrogen-bond acceptors (Lipinski definition) is 5. The average Bonchev–Trinajstić information content (AvgIpc) is 2.73. The number of nitrogens with zero attached hydrogens (tertiary/aromatic N) is 1. The van der Waals surface area contributed by atoms with Crippen LogP contribution in [0.3, 0.4) is 0 Å². The molecule has 6 nitrogen and oxygen atoms in total. The average molecular weight is 379 g/mol. The minimum Gasteiger partial charge on any atom is -0.465 e. The highest BCUT2D eigenvalue weighted by atomic mass is 19.1. The molecule has 0 aliphatic heterocycles. The third kappa shape index (κ3) is 4.91. The Morgan fingerprint density at radius 3 is 2.50 bits per heavy atom. The molecule has 28 heavy (non-hydrogen) atoms. The van der Waals surface area contributed by atoms with E-state index in [1.807, 2.05) is 0 Å². The topological polar surface area (TPSA) is 80.3 Å². The molecule has 0 aliphatic rings. The van der Waals surface area contributed by atoms with Crippen molar-refractivity contribution in [2.45, 2.75) is 6.54 Å². The molecule has 142 valence electrons. The molecule has 1 heterocycles. The lowest BCUT2D eigenvalue weighted by atomic mass is 10.2. The van der Waals surface area contributed by atoms with Crippen molar-refractivity contribution in [3.63, 3.8) is 0 Å². The van der Waals surface area contributed by atoms with Gasteiger partial charge in [-0.2, -0.15) is 0 Å². The van der Waals surface area contributed by atoms with Gasteiger partial charge in [-0.25, -0.2) is 9.18 Å². The summed E-state index contributed by atoms with van der Waals surface area (Å²) in [6.07, 6.45) is 3.03. The fourth-order valence-electron chi connectivity index (χ4n) is 2.53. The van der Waals surface area contributed by atoms with Crippen molar-refractivity contribution >= 4 is 23.3 Å². The van der Waals surface area contributed by atoms with E-state index in [2.05, 4.69) is 15.6 Å². The van der Waals surface area contributed by atoms with Gasteiger partial charge in [-0.15, -0.1) is 0 Å². The van der Waals surface area contributed by atoms with Gasteiger partial charge in [0.05, 0.1) is 30.1 Å². The van der Waals surface area contributed by atoms with Crippen molar-refractivity contribution in [3.8, 4) is 0 Å². The zero-order valence-electron chi connectivity index (χ0n) is 15.1. The Labute approximate surface area is 161 Å². The van der Waals surface area contributed by atoms with Gasteiger partial charge in [0.1, 0.15) is 5.82 Å². The lowest BCUT2D eigenvalue weighted by Gasteiger charge is -2.10. The van der Waals surface area contributed by atoms with Crippen LogP contribution >= 0.6 is 0 Å². The van der Waals surface area contributed by atoms with Crippen LogP contribution in [-0.4, -0.2) is 24.0 Å². The minimum absolute atomic E-state index is 0.276. The second kappa shape index (κ2) is 8.77. The van der Waals surface area contributed by atoms with Crippen molar-refractivity contribution in [2.75, 3.05) is 12.4 Å². The molecule has 0 saturated heterocycles. The summed E-state index contributed by atoms with van der Waals surface area (Å²) in [5, 5.41) is 5.87. The summed E-state index contributed by atoms with van der Waals surface area (Å²) in [6.45, 7) is 0.276. The predicted molar refractivity (Wildman–Crippen MR) is 103 cm³/mol. The number of carbonyl (C=O) groups is 2. The molecule has 1 amide bonds. The summed E-state index contributed by atoms with van der Waals surface area (Å²) in [4.78, 5) is 28.1. The van der Waals surface area contributed by atoms with Gasteiger partial charge < -0.3 is 15.4 Å². The van der Waals surface area contributed by atoms with Gasteiger partial charge in [0.2, 0.25) is 0 Å². The Kier molecular flexibility index (Phi) is 5.96. The molecule has 7 heteroatoms. The number of nitrogens with one attached hydrogen (secondary N) is 2. The van der Waals surface area contributed by atoms with E-state index in [1.54, 1.807) is 48.7 Å². The maximum atomic E-state index is 12.9. The summed E-state index contributed by atoms with van der Waals surface area (Å²) < 4.78 is 17.6. The zero-order chi connectivity index (χ0) is 19.9.